The van der Waals surface area contributed by atoms with Crippen LogP contribution in [0, 0.1) is 12.7 Å². The molecule has 0 unspecified atom stereocenters. The number of allylic oxidation sites excluding steroid dienone is 1. The van der Waals surface area contributed by atoms with E-state index in [1.54, 1.807) is 6.92 Å². The van der Waals surface area contributed by atoms with Gasteiger partial charge in [0.15, 0.2) is 0 Å². The molecule has 1 aliphatic carbocycles. The van der Waals surface area contributed by atoms with Crippen molar-refractivity contribution in [1.82, 2.24) is 4.72 Å². The van der Waals surface area contributed by atoms with Gasteiger partial charge in [0.1, 0.15) is 5.82 Å². The third-order valence-electron chi connectivity index (χ3n) is 3.56. The summed E-state index contributed by atoms with van der Waals surface area (Å²) in [7, 11) is -3.63. The molecule has 0 radical (unpaired) electrons. The van der Waals surface area contributed by atoms with Gasteiger partial charge in [0, 0.05) is 6.54 Å². The van der Waals surface area contributed by atoms with E-state index in [4.69, 9.17) is 0 Å². The van der Waals surface area contributed by atoms with Crippen LogP contribution in [0.3, 0.4) is 0 Å². The Hall–Kier alpha value is -1.20. The highest BCUT2D eigenvalue weighted by molar-refractivity contribution is 7.89. The SMILES string of the molecule is Cc1ccc(F)cc1S(=O)(=O)NCCC1=CCCCC1. The van der Waals surface area contributed by atoms with Gasteiger partial charge in [-0.25, -0.2) is 17.5 Å². The van der Waals surface area contributed by atoms with Crippen molar-refractivity contribution < 1.29 is 12.8 Å². The predicted molar refractivity (Wildman–Crippen MR) is 77.5 cm³/mol. The molecule has 2 rings (SSSR count). The number of rotatable bonds is 5. The van der Waals surface area contributed by atoms with Crippen LogP contribution < -0.4 is 4.72 Å². The normalized spacial score (nSPS) is 16.0. The van der Waals surface area contributed by atoms with Crippen LogP contribution in [0.15, 0.2) is 34.7 Å². The second kappa shape index (κ2) is 6.50. The van der Waals surface area contributed by atoms with E-state index in [1.165, 1.54) is 30.5 Å². The molecular formula is C15H20FNO2S. The van der Waals surface area contributed by atoms with Gasteiger partial charge in [0.05, 0.1) is 4.90 Å². The molecule has 1 aliphatic rings. The number of nitrogens with one attached hydrogen (secondary N) is 1. The van der Waals surface area contributed by atoms with E-state index in [-0.39, 0.29) is 4.90 Å². The zero-order valence-corrected chi connectivity index (χ0v) is 12.5. The summed E-state index contributed by atoms with van der Waals surface area (Å²) in [5, 5.41) is 0. The van der Waals surface area contributed by atoms with Gasteiger partial charge >= 0.3 is 0 Å². The number of halogens is 1. The Morgan fingerprint density at radius 1 is 1.30 bits per heavy atom. The minimum Gasteiger partial charge on any atom is -0.211 e. The summed E-state index contributed by atoms with van der Waals surface area (Å²) in [5.74, 6) is -0.536. The van der Waals surface area contributed by atoms with Crippen molar-refractivity contribution in [2.45, 2.75) is 43.9 Å². The maximum absolute atomic E-state index is 13.2. The summed E-state index contributed by atoms with van der Waals surface area (Å²) in [6.45, 7) is 2.03. The highest BCUT2D eigenvalue weighted by Crippen LogP contribution is 2.20. The molecule has 0 atom stereocenters. The fraction of sp³-hybridized carbons (Fsp3) is 0.467. The first kappa shape index (κ1) is 15.2. The van der Waals surface area contributed by atoms with Crippen molar-refractivity contribution >= 4 is 10.0 Å². The van der Waals surface area contributed by atoms with Crippen molar-refractivity contribution in [2.75, 3.05) is 6.54 Å². The Bertz CT molecular complexity index is 608. The Balaban J connectivity index is 2.00. The molecule has 0 saturated carbocycles. The van der Waals surface area contributed by atoms with E-state index in [0.717, 1.165) is 25.3 Å². The number of sulfonamides is 1. The fourth-order valence-electron chi connectivity index (χ4n) is 2.42. The molecule has 1 aromatic carbocycles. The molecule has 0 heterocycles. The Kier molecular flexibility index (Phi) is 4.94. The van der Waals surface area contributed by atoms with Crippen LogP contribution in [-0.4, -0.2) is 15.0 Å². The average molecular weight is 297 g/mol. The standard InChI is InChI=1S/C15H20FNO2S/c1-12-7-8-14(16)11-15(12)20(18,19)17-10-9-13-5-3-2-4-6-13/h5,7-8,11,17H,2-4,6,9-10H2,1H3. The summed E-state index contributed by atoms with van der Waals surface area (Å²) < 4.78 is 40.0. The number of hydrogen-bond acceptors (Lipinski definition) is 2. The quantitative estimate of drug-likeness (QED) is 0.848. The van der Waals surface area contributed by atoms with Crippen LogP contribution in [0.5, 0.6) is 0 Å². The minimum atomic E-state index is -3.63. The van der Waals surface area contributed by atoms with Crippen molar-refractivity contribution in [1.29, 1.82) is 0 Å². The lowest BCUT2D eigenvalue weighted by molar-refractivity contribution is 0.575. The van der Waals surface area contributed by atoms with Crippen LogP contribution in [0.4, 0.5) is 4.39 Å². The highest BCUT2D eigenvalue weighted by Gasteiger charge is 2.17. The Morgan fingerprint density at radius 3 is 2.80 bits per heavy atom. The first-order valence-corrected chi connectivity index (χ1v) is 8.41. The number of benzene rings is 1. The molecule has 0 saturated heterocycles. The Labute approximate surface area is 119 Å². The van der Waals surface area contributed by atoms with Gasteiger partial charge in [0.2, 0.25) is 10.0 Å². The molecular weight excluding hydrogens is 277 g/mol. The van der Waals surface area contributed by atoms with Crippen molar-refractivity contribution in [3.63, 3.8) is 0 Å². The first-order valence-electron chi connectivity index (χ1n) is 6.93. The molecule has 0 aromatic heterocycles. The van der Waals surface area contributed by atoms with Crippen molar-refractivity contribution in [3.8, 4) is 0 Å². The van der Waals surface area contributed by atoms with Gasteiger partial charge in [0.25, 0.3) is 0 Å². The minimum absolute atomic E-state index is 0.0233. The number of aryl methyl sites for hydroxylation is 1. The molecule has 0 fully saturated rings. The average Bonchev–Trinajstić information content (AvgIpc) is 2.42. The van der Waals surface area contributed by atoms with E-state index in [0.29, 0.717) is 12.1 Å². The largest absolute Gasteiger partial charge is 0.240 e. The lowest BCUT2D eigenvalue weighted by Gasteiger charge is -2.13. The van der Waals surface area contributed by atoms with Crippen molar-refractivity contribution in [2.24, 2.45) is 0 Å². The summed E-state index contributed by atoms with van der Waals surface area (Å²) in [6.07, 6.45) is 7.48. The molecule has 0 amide bonds. The second-order valence-electron chi connectivity index (χ2n) is 5.17. The van der Waals surface area contributed by atoms with Crippen LogP contribution in [0.25, 0.3) is 0 Å². The molecule has 0 aliphatic heterocycles. The smallest absolute Gasteiger partial charge is 0.211 e. The van der Waals surface area contributed by atoms with Gasteiger partial charge in [-0.2, -0.15) is 0 Å². The lowest BCUT2D eigenvalue weighted by Crippen LogP contribution is -2.26. The predicted octanol–water partition coefficient (Wildman–Crippen LogP) is 3.30. The summed E-state index contributed by atoms with van der Waals surface area (Å²) in [6, 6.07) is 3.81. The maximum atomic E-state index is 13.2. The topological polar surface area (TPSA) is 46.2 Å². The summed E-state index contributed by atoms with van der Waals surface area (Å²) in [5.41, 5.74) is 1.87. The second-order valence-corrected chi connectivity index (χ2v) is 6.90. The lowest BCUT2D eigenvalue weighted by atomic mass is 9.97. The molecule has 1 N–H and O–H groups in total. The van der Waals surface area contributed by atoms with Gasteiger partial charge < -0.3 is 0 Å². The van der Waals surface area contributed by atoms with Crippen LogP contribution in [-0.2, 0) is 10.0 Å². The van der Waals surface area contributed by atoms with E-state index in [2.05, 4.69) is 10.8 Å². The molecule has 0 bridgehead atoms. The monoisotopic (exact) mass is 297 g/mol. The summed E-state index contributed by atoms with van der Waals surface area (Å²) >= 11 is 0. The molecule has 110 valence electrons. The third kappa shape index (κ3) is 3.90. The van der Waals surface area contributed by atoms with Gasteiger partial charge in [-0.15, -0.1) is 0 Å². The van der Waals surface area contributed by atoms with Crippen LogP contribution in [0.1, 0.15) is 37.7 Å². The van der Waals surface area contributed by atoms with E-state index >= 15 is 0 Å². The molecule has 3 nitrogen and oxygen atoms in total. The zero-order chi connectivity index (χ0) is 14.6. The first-order chi connectivity index (χ1) is 9.49. The fourth-order valence-corrected chi connectivity index (χ4v) is 3.70. The highest BCUT2D eigenvalue weighted by atomic mass is 32.2. The van der Waals surface area contributed by atoms with Crippen LogP contribution >= 0.6 is 0 Å². The summed E-state index contributed by atoms with van der Waals surface area (Å²) in [4.78, 5) is 0.0233. The van der Waals surface area contributed by atoms with E-state index in [9.17, 15) is 12.8 Å². The molecule has 0 spiro atoms. The molecule has 1 aromatic rings. The van der Waals surface area contributed by atoms with Crippen LogP contribution in [0.2, 0.25) is 0 Å². The van der Waals surface area contributed by atoms with Gasteiger partial charge in [-0.1, -0.05) is 17.7 Å². The third-order valence-corrected chi connectivity index (χ3v) is 5.17. The maximum Gasteiger partial charge on any atom is 0.240 e. The van der Waals surface area contributed by atoms with Gasteiger partial charge in [-0.05, 0) is 56.7 Å². The van der Waals surface area contributed by atoms with E-state index in [1.807, 2.05) is 0 Å². The van der Waals surface area contributed by atoms with E-state index < -0.39 is 15.8 Å². The Morgan fingerprint density at radius 2 is 2.10 bits per heavy atom. The zero-order valence-electron chi connectivity index (χ0n) is 11.7. The molecule has 20 heavy (non-hydrogen) atoms. The number of hydrogen-bond donors (Lipinski definition) is 1. The van der Waals surface area contributed by atoms with Crippen molar-refractivity contribution in [3.05, 3.63) is 41.2 Å². The van der Waals surface area contributed by atoms with Gasteiger partial charge in [-0.3, -0.25) is 0 Å². The molecule has 5 heteroatoms.